The van der Waals surface area contributed by atoms with Gasteiger partial charge in [0.15, 0.2) is 0 Å². The Morgan fingerprint density at radius 2 is 1.43 bits per heavy atom. The molecule has 0 aliphatic rings. The van der Waals surface area contributed by atoms with E-state index in [1.54, 1.807) is 0 Å². The maximum absolute atomic E-state index is 12.3. The molecular weight excluding hydrogens is 398 g/mol. The molecule has 0 saturated heterocycles. The number of hydrogen-bond acceptors (Lipinski definition) is 8. The van der Waals surface area contributed by atoms with E-state index in [-0.39, 0.29) is 12.2 Å². The largest absolute Gasteiger partial charge is 0.481 e. The summed E-state index contributed by atoms with van der Waals surface area (Å²) < 4.78 is 0. The Balaban J connectivity index is 5.27. The molecular formula is C14H23N5O8S. The van der Waals surface area contributed by atoms with E-state index < -0.39 is 73.1 Å². The first kappa shape index (κ1) is 25.1. The van der Waals surface area contributed by atoms with Crippen LogP contribution in [0.5, 0.6) is 0 Å². The molecule has 0 rings (SSSR count). The third-order valence-electron chi connectivity index (χ3n) is 3.32. The molecule has 0 aromatic heterocycles. The summed E-state index contributed by atoms with van der Waals surface area (Å²) in [5.74, 6) is -6.49. The van der Waals surface area contributed by atoms with Crippen molar-refractivity contribution in [3.05, 3.63) is 0 Å². The van der Waals surface area contributed by atoms with Crippen LogP contribution in [0.2, 0.25) is 0 Å². The SMILES string of the molecule is NCC(=O)NC(CS)C(=O)NC(CCC(=O)O)C(=O)NC(CC(N)=O)C(=O)O. The molecule has 158 valence electrons. The maximum Gasteiger partial charge on any atom is 0.326 e. The van der Waals surface area contributed by atoms with Gasteiger partial charge in [-0.05, 0) is 6.42 Å². The second-order valence-electron chi connectivity index (χ2n) is 5.57. The minimum absolute atomic E-state index is 0.149. The first-order chi connectivity index (χ1) is 13.0. The number of rotatable bonds is 13. The number of carboxylic acid groups (broad SMARTS) is 2. The highest BCUT2D eigenvalue weighted by atomic mass is 32.1. The summed E-state index contributed by atoms with van der Waals surface area (Å²) in [5.41, 5.74) is 10.1. The molecule has 3 unspecified atom stereocenters. The number of carbonyl (C=O) groups excluding carboxylic acids is 4. The number of carbonyl (C=O) groups is 6. The Morgan fingerprint density at radius 1 is 0.893 bits per heavy atom. The molecule has 14 heteroatoms. The summed E-state index contributed by atoms with van der Waals surface area (Å²) in [6.45, 7) is -0.395. The van der Waals surface area contributed by atoms with Gasteiger partial charge in [0.1, 0.15) is 18.1 Å². The van der Waals surface area contributed by atoms with Crippen LogP contribution in [0.25, 0.3) is 0 Å². The second kappa shape index (κ2) is 12.5. The van der Waals surface area contributed by atoms with E-state index in [2.05, 4.69) is 23.3 Å². The minimum atomic E-state index is -1.66. The van der Waals surface area contributed by atoms with Gasteiger partial charge in [-0.25, -0.2) is 4.79 Å². The van der Waals surface area contributed by atoms with Gasteiger partial charge in [0.05, 0.1) is 13.0 Å². The lowest BCUT2D eigenvalue weighted by molar-refractivity contribution is -0.144. The molecule has 28 heavy (non-hydrogen) atoms. The van der Waals surface area contributed by atoms with Crippen LogP contribution < -0.4 is 27.4 Å². The van der Waals surface area contributed by atoms with Crippen LogP contribution in [-0.2, 0) is 28.8 Å². The van der Waals surface area contributed by atoms with Crippen molar-refractivity contribution in [1.82, 2.24) is 16.0 Å². The van der Waals surface area contributed by atoms with Crippen molar-refractivity contribution in [2.24, 2.45) is 11.5 Å². The fourth-order valence-corrected chi connectivity index (χ4v) is 2.19. The summed E-state index contributed by atoms with van der Waals surface area (Å²) >= 11 is 3.91. The van der Waals surface area contributed by atoms with Gasteiger partial charge < -0.3 is 37.6 Å². The lowest BCUT2D eigenvalue weighted by Crippen LogP contribution is -2.57. The van der Waals surface area contributed by atoms with Crippen LogP contribution in [0.1, 0.15) is 19.3 Å². The first-order valence-corrected chi connectivity index (χ1v) is 8.59. The quantitative estimate of drug-likeness (QED) is 0.136. The Kier molecular flexibility index (Phi) is 11.2. The van der Waals surface area contributed by atoms with Crippen LogP contribution in [0.15, 0.2) is 0 Å². The zero-order valence-electron chi connectivity index (χ0n) is 14.7. The number of thiol groups is 1. The van der Waals surface area contributed by atoms with Gasteiger partial charge in [-0.1, -0.05) is 0 Å². The summed E-state index contributed by atoms with van der Waals surface area (Å²) in [6, 6.07) is -4.28. The second-order valence-corrected chi connectivity index (χ2v) is 5.94. The van der Waals surface area contributed by atoms with Gasteiger partial charge in [-0.2, -0.15) is 12.6 Å². The molecule has 0 radical (unpaired) electrons. The van der Waals surface area contributed by atoms with E-state index in [1.165, 1.54) is 0 Å². The number of aliphatic carboxylic acids is 2. The number of nitrogens with one attached hydrogen (secondary N) is 3. The molecule has 0 aromatic carbocycles. The Hall–Kier alpha value is -2.87. The smallest absolute Gasteiger partial charge is 0.326 e. The number of hydrogen-bond donors (Lipinski definition) is 8. The maximum atomic E-state index is 12.3. The van der Waals surface area contributed by atoms with Crippen LogP contribution >= 0.6 is 12.6 Å². The number of carboxylic acids is 2. The molecule has 4 amide bonds. The lowest BCUT2D eigenvalue weighted by atomic mass is 10.1. The van der Waals surface area contributed by atoms with E-state index >= 15 is 0 Å². The average molecular weight is 421 g/mol. The van der Waals surface area contributed by atoms with Crippen molar-refractivity contribution in [3.8, 4) is 0 Å². The number of primary amides is 1. The van der Waals surface area contributed by atoms with E-state index in [0.29, 0.717) is 0 Å². The molecule has 0 spiro atoms. The predicted molar refractivity (Wildman–Crippen MR) is 97.0 cm³/mol. The minimum Gasteiger partial charge on any atom is -0.481 e. The third-order valence-corrected chi connectivity index (χ3v) is 3.68. The summed E-state index contributed by atoms with van der Waals surface area (Å²) in [7, 11) is 0. The van der Waals surface area contributed by atoms with Crippen molar-refractivity contribution in [1.29, 1.82) is 0 Å². The van der Waals surface area contributed by atoms with Crippen LogP contribution in [-0.4, -0.2) is 76.2 Å². The monoisotopic (exact) mass is 421 g/mol. The standard InChI is InChI=1S/C14H23N5O8S/c15-4-10(21)17-8(5-28)13(25)18-6(1-2-11(22)23)12(24)19-7(14(26)27)3-9(16)20/h6-8,28H,1-5,15H2,(H2,16,20)(H,17,21)(H,18,25)(H,19,24)(H,22,23)(H,26,27). The normalized spacial score (nSPS) is 13.5. The van der Waals surface area contributed by atoms with Crippen LogP contribution in [0.4, 0.5) is 0 Å². The zero-order chi connectivity index (χ0) is 21.9. The summed E-state index contributed by atoms with van der Waals surface area (Å²) in [4.78, 5) is 68.7. The summed E-state index contributed by atoms with van der Waals surface area (Å²) in [5, 5.41) is 24.3. The van der Waals surface area contributed by atoms with Gasteiger partial charge in [0, 0.05) is 12.2 Å². The lowest BCUT2D eigenvalue weighted by Gasteiger charge is -2.23. The highest BCUT2D eigenvalue weighted by Gasteiger charge is 2.30. The fourth-order valence-electron chi connectivity index (χ4n) is 1.93. The van der Waals surface area contributed by atoms with Gasteiger partial charge >= 0.3 is 11.9 Å². The van der Waals surface area contributed by atoms with Crippen LogP contribution in [0, 0.1) is 0 Å². The zero-order valence-corrected chi connectivity index (χ0v) is 15.6. The number of amides is 4. The third kappa shape index (κ3) is 9.72. The van der Waals surface area contributed by atoms with Crippen molar-refractivity contribution in [2.45, 2.75) is 37.4 Å². The van der Waals surface area contributed by atoms with E-state index in [0.717, 1.165) is 0 Å². The molecule has 0 bridgehead atoms. The number of nitrogens with two attached hydrogens (primary N) is 2. The van der Waals surface area contributed by atoms with Gasteiger partial charge in [0.25, 0.3) is 0 Å². The van der Waals surface area contributed by atoms with Gasteiger partial charge in [-0.3, -0.25) is 24.0 Å². The molecule has 13 nitrogen and oxygen atoms in total. The molecule has 0 heterocycles. The molecule has 0 aliphatic heterocycles. The topological polar surface area (TPSA) is 231 Å². The van der Waals surface area contributed by atoms with Crippen LogP contribution in [0.3, 0.4) is 0 Å². The van der Waals surface area contributed by atoms with E-state index in [4.69, 9.17) is 21.7 Å². The molecule has 0 fully saturated rings. The Bertz CT molecular complexity index is 629. The molecule has 0 saturated carbocycles. The molecule has 0 aromatic rings. The summed E-state index contributed by atoms with van der Waals surface area (Å²) in [6.07, 6.45) is -1.60. The van der Waals surface area contributed by atoms with Crippen molar-refractivity contribution in [3.63, 3.8) is 0 Å². The average Bonchev–Trinajstić information content (AvgIpc) is 2.61. The van der Waals surface area contributed by atoms with Crippen molar-refractivity contribution < 1.29 is 39.0 Å². The molecule has 9 N–H and O–H groups in total. The Labute approximate surface area is 165 Å². The van der Waals surface area contributed by atoms with E-state index in [9.17, 15) is 28.8 Å². The van der Waals surface area contributed by atoms with E-state index in [1.807, 2.05) is 5.32 Å². The van der Waals surface area contributed by atoms with Gasteiger partial charge in [-0.15, -0.1) is 0 Å². The predicted octanol–water partition coefficient (Wildman–Crippen LogP) is -3.85. The highest BCUT2D eigenvalue weighted by molar-refractivity contribution is 7.80. The molecule has 0 aliphatic carbocycles. The molecule has 3 atom stereocenters. The van der Waals surface area contributed by atoms with Crippen molar-refractivity contribution >= 4 is 48.2 Å². The first-order valence-electron chi connectivity index (χ1n) is 7.95. The van der Waals surface area contributed by atoms with Gasteiger partial charge in [0.2, 0.25) is 23.6 Å². The van der Waals surface area contributed by atoms with Crippen molar-refractivity contribution in [2.75, 3.05) is 12.3 Å². The fraction of sp³-hybridized carbons (Fsp3) is 0.571. The highest BCUT2D eigenvalue weighted by Crippen LogP contribution is 2.02. The Morgan fingerprint density at radius 3 is 1.86 bits per heavy atom.